The number of hydrogen-bond donors (Lipinski definition) is 1. The lowest BCUT2D eigenvalue weighted by molar-refractivity contribution is 0.577. The Kier molecular flexibility index (Phi) is 3.95. The van der Waals surface area contributed by atoms with E-state index in [1.54, 1.807) is 4.57 Å². The minimum absolute atomic E-state index is 0.0383. The zero-order valence-corrected chi connectivity index (χ0v) is 9.84. The maximum absolute atomic E-state index is 11.8. The highest BCUT2D eigenvalue weighted by Gasteiger charge is 2.06. The zero-order chi connectivity index (χ0) is 11.4. The van der Waals surface area contributed by atoms with Crippen molar-refractivity contribution in [3.63, 3.8) is 0 Å². The number of unbranched alkanes of at least 4 members (excludes halogenated alkanes) is 2. The van der Waals surface area contributed by atoms with E-state index < -0.39 is 0 Å². The van der Waals surface area contributed by atoms with E-state index in [1.807, 2.05) is 19.9 Å². The number of nitrogens with zero attached hydrogens (tertiary/aromatic N) is 1. The summed E-state index contributed by atoms with van der Waals surface area (Å²) in [7, 11) is 0. The first-order chi connectivity index (χ1) is 7.07. The normalized spacial score (nSPS) is 10.6. The van der Waals surface area contributed by atoms with Crippen LogP contribution in [0.4, 0.5) is 5.69 Å². The molecule has 0 saturated carbocycles. The second-order valence-corrected chi connectivity index (χ2v) is 4.05. The Bertz CT molecular complexity index is 393. The molecule has 0 fully saturated rings. The van der Waals surface area contributed by atoms with Crippen molar-refractivity contribution in [1.29, 1.82) is 0 Å². The number of nitrogens with two attached hydrogens (primary N) is 1. The number of nitrogen functional groups attached to an aromatic ring is 1. The Morgan fingerprint density at radius 3 is 2.60 bits per heavy atom. The maximum Gasteiger partial charge on any atom is 0.274 e. The molecule has 0 aliphatic rings. The van der Waals surface area contributed by atoms with Gasteiger partial charge in [0, 0.05) is 12.2 Å². The van der Waals surface area contributed by atoms with E-state index in [1.165, 1.54) is 0 Å². The van der Waals surface area contributed by atoms with E-state index in [4.69, 9.17) is 5.73 Å². The fraction of sp³-hybridized carbons (Fsp3) is 0.583. The first-order valence-corrected chi connectivity index (χ1v) is 5.54. The van der Waals surface area contributed by atoms with Gasteiger partial charge in [-0.3, -0.25) is 4.79 Å². The van der Waals surface area contributed by atoms with Crippen LogP contribution in [0.5, 0.6) is 0 Å². The summed E-state index contributed by atoms with van der Waals surface area (Å²) in [6.45, 7) is 6.77. The van der Waals surface area contributed by atoms with Crippen LogP contribution in [0.1, 0.15) is 37.4 Å². The zero-order valence-electron chi connectivity index (χ0n) is 9.84. The lowest BCUT2D eigenvalue weighted by atomic mass is 10.2. The van der Waals surface area contributed by atoms with E-state index >= 15 is 0 Å². The summed E-state index contributed by atoms with van der Waals surface area (Å²) in [6, 6.07) is 1.97. The molecular weight excluding hydrogens is 188 g/mol. The Hall–Kier alpha value is -1.25. The molecule has 1 rings (SSSR count). The number of aryl methyl sites for hydroxylation is 2. The highest BCUT2D eigenvalue weighted by Crippen LogP contribution is 2.08. The van der Waals surface area contributed by atoms with Gasteiger partial charge in [0.15, 0.2) is 0 Å². The molecule has 1 aromatic rings. The van der Waals surface area contributed by atoms with Crippen molar-refractivity contribution >= 4 is 5.69 Å². The fourth-order valence-corrected chi connectivity index (χ4v) is 1.74. The molecule has 1 aromatic heterocycles. The highest BCUT2D eigenvalue weighted by molar-refractivity contribution is 5.44. The Morgan fingerprint density at radius 1 is 1.33 bits per heavy atom. The maximum atomic E-state index is 11.8. The number of anilines is 1. The van der Waals surface area contributed by atoms with Crippen molar-refractivity contribution in [2.24, 2.45) is 0 Å². The number of pyridine rings is 1. The molecule has 3 nitrogen and oxygen atoms in total. The van der Waals surface area contributed by atoms with Crippen LogP contribution in [0, 0.1) is 13.8 Å². The molecule has 0 spiro atoms. The largest absolute Gasteiger partial charge is 0.394 e. The standard InChI is InChI=1S/C12H20N2O/c1-4-5-6-7-14-10(3)8-9(2)11(13)12(14)15/h8H,4-7,13H2,1-3H3. The van der Waals surface area contributed by atoms with Gasteiger partial charge < -0.3 is 10.3 Å². The third-order valence-corrected chi connectivity index (χ3v) is 2.74. The minimum atomic E-state index is -0.0383. The molecule has 3 heteroatoms. The SMILES string of the molecule is CCCCCn1c(C)cc(C)c(N)c1=O. The van der Waals surface area contributed by atoms with Crippen LogP contribution in [0.2, 0.25) is 0 Å². The van der Waals surface area contributed by atoms with Crippen molar-refractivity contribution in [2.45, 2.75) is 46.6 Å². The predicted molar refractivity (Wildman–Crippen MR) is 64.1 cm³/mol. The molecule has 0 aromatic carbocycles. The van der Waals surface area contributed by atoms with E-state index in [-0.39, 0.29) is 5.56 Å². The van der Waals surface area contributed by atoms with Crippen LogP contribution in [-0.2, 0) is 6.54 Å². The summed E-state index contributed by atoms with van der Waals surface area (Å²) in [4.78, 5) is 11.8. The third-order valence-electron chi connectivity index (χ3n) is 2.74. The molecule has 1 heterocycles. The van der Waals surface area contributed by atoms with Crippen LogP contribution in [0.15, 0.2) is 10.9 Å². The van der Waals surface area contributed by atoms with Gasteiger partial charge in [-0.2, -0.15) is 0 Å². The fourth-order valence-electron chi connectivity index (χ4n) is 1.74. The van der Waals surface area contributed by atoms with E-state index in [2.05, 4.69) is 6.92 Å². The van der Waals surface area contributed by atoms with E-state index in [0.29, 0.717) is 5.69 Å². The average molecular weight is 208 g/mol. The average Bonchev–Trinajstić information content (AvgIpc) is 2.20. The monoisotopic (exact) mass is 208 g/mol. The second kappa shape index (κ2) is 5.01. The van der Waals surface area contributed by atoms with Crippen LogP contribution in [0.25, 0.3) is 0 Å². The molecule has 0 bridgehead atoms. The minimum Gasteiger partial charge on any atom is -0.394 e. The second-order valence-electron chi connectivity index (χ2n) is 4.05. The topological polar surface area (TPSA) is 48.0 Å². The highest BCUT2D eigenvalue weighted by atomic mass is 16.1. The van der Waals surface area contributed by atoms with E-state index in [0.717, 1.165) is 37.1 Å². The molecule has 0 radical (unpaired) electrons. The molecule has 2 N–H and O–H groups in total. The third kappa shape index (κ3) is 2.61. The molecule has 0 saturated heterocycles. The van der Waals surface area contributed by atoms with Gasteiger partial charge in [-0.25, -0.2) is 0 Å². The van der Waals surface area contributed by atoms with Gasteiger partial charge in [0.1, 0.15) is 5.69 Å². The van der Waals surface area contributed by atoms with Crippen LogP contribution >= 0.6 is 0 Å². The summed E-state index contributed by atoms with van der Waals surface area (Å²) in [5, 5.41) is 0. The lowest BCUT2D eigenvalue weighted by Crippen LogP contribution is -2.25. The molecule has 0 aliphatic carbocycles. The Labute approximate surface area is 90.9 Å². The van der Waals surface area contributed by atoms with Gasteiger partial charge >= 0.3 is 0 Å². The molecular formula is C12H20N2O. The first-order valence-electron chi connectivity index (χ1n) is 5.54. The summed E-state index contributed by atoms with van der Waals surface area (Å²) in [6.07, 6.45) is 3.36. The predicted octanol–water partition coefficient (Wildman–Crippen LogP) is 2.24. The molecule has 0 amide bonds. The summed E-state index contributed by atoms with van der Waals surface area (Å²) in [5.41, 5.74) is 7.95. The number of hydrogen-bond acceptors (Lipinski definition) is 2. The molecule has 0 unspecified atom stereocenters. The van der Waals surface area contributed by atoms with Crippen molar-refractivity contribution in [2.75, 3.05) is 5.73 Å². The molecule has 84 valence electrons. The number of rotatable bonds is 4. The molecule has 0 atom stereocenters. The van der Waals surface area contributed by atoms with Gasteiger partial charge in [-0.05, 0) is 31.9 Å². The van der Waals surface area contributed by atoms with Crippen molar-refractivity contribution in [1.82, 2.24) is 4.57 Å². The number of aromatic nitrogens is 1. The lowest BCUT2D eigenvalue weighted by Gasteiger charge is -2.12. The quantitative estimate of drug-likeness (QED) is 0.771. The van der Waals surface area contributed by atoms with Crippen LogP contribution in [0.3, 0.4) is 0 Å². The smallest absolute Gasteiger partial charge is 0.274 e. The van der Waals surface area contributed by atoms with Crippen molar-refractivity contribution in [3.8, 4) is 0 Å². The van der Waals surface area contributed by atoms with Crippen LogP contribution in [-0.4, -0.2) is 4.57 Å². The van der Waals surface area contributed by atoms with Crippen LogP contribution < -0.4 is 11.3 Å². The molecule has 0 aliphatic heterocycles. The Morgan fingerprint density at radius 2 is 2.00 bits per heavy atom. The summed E-state index contributed by atoms with van der Waals surface area (Å²) in [5.74, 6) is 0. The summed E-state index contributed by atoms with van der Waals surface area (Å²) >= 11 is 0. The van der Waals surface area contributed by atoms with Crippen molar-refractivity contribution in [3.05, 3.63) is 27.7 Å². The van der Waals surface area contributed by atoms with Gasteiger partial charge in [0.25, 0.3) is 5.56 Å². The van der Waals surface area contributed by atoms with Gasteiger partial charge in [0.2, 0.25) is 0 Å². The van der Waals surface area contributed by atoms with Crippen molar-refractivity contribution < 1.29 is 0 Å². The summed E-state index contributed by atoms with van der Waals surface area (Å²) < 4.78 is 1.78. The molecule has 15 heavy (non-hydrogen) atoms. The van der Waals surface area contributed by atoms with E-state index in [9.17, 15) is 4.79 Å². The first kappa shape index (κ1) is 11.8. The van der Waals surface area contributed by atoms with Gasteiger partial charge in [-0.1, -0.05) is 19.8 Å². The van der Waals surface area contributed by atoms with Gasteiger partial charge in [-0.15, -0.1) is 0 Å². The van der Waals surface area contributed by atoms with Gasteiger partial charge in [0.05, 0.1) is 0 Å². The Balaban J connectivity index is 2.97.